The number of ether oxygens (including phenoxy) is 1. The van der Waals surface area contributed by atoms with Crippen LogP contribution in [0.2, 0.25) is 0 Å². The first kappa shape index (κ1) is 13.0. The SMILES string of the molecule is Cc1ccnc(Oc2cccc(CN)c2)c1C(N)=O. The number of aromatic nitrogens is 1. The summed E-state index contributed by atoms with van der Waals surface area (Å²) in [6.45, 7) is 2.20. The van der Waals surface area contributed by atoms with E-state index in [1.165, 1.54) is 0 Å². The van der Waals surface area contributed by atoms with Crippen molar-refractivity contribution in [1.82, 2.24) is 4.98 Å². The van der Waals surface area contributed by atoms with E-state index in [2.05, 4.69) is 4.98 Å². The fourth-order valence-corrected chi connectivity index (χ4v) is 1.76. The van der Waals surface area contributed by atoms with Crippen LogP contribution in [0.15, 0.2) is 36.5 Å². The molecule has 0 aliphatic rings. The molecule has 98 valence electrons. The van der Waals surface area contributed by atoms with Crippen LogP contribution >= 0.6 is 0 Å². The van der Waals surface area contributed by atoms with Gasteiger partial charge in [-0.1, -0.05) is 12.1 Å². The van der Waals surface area contributed by atoms with Gasteiger partial charge in [-0.25, -0.2) is 4.98 Å². The molecule has 1 heterocycles. The second-order valence-corrected chi connectivity index (χ2v) is 4.13. The van der Waals surface area contributed by atoms with Crippen molar-refractivity contribution in [2.45, 2.75) is 13.5 Å². The zero-order valence-electron chi connectivity index (χ0n) is 10.6. The number of aryl methyl sites for hydroxylation is 1. The van der Waals surface area contributed by atoms with Gasteiger partial charge in [-0.05, 0) is 36.2 Å². The lowest BCUT2D eigenvalue weighted by atomic mass is 10.1. The van der Waals surface area contributed by atoms with Crippen LogP contribution in [0.25, 0.3) is 0 Å². The van der Waals surface area contributed by atoms with Crippen LogP contribution in [0.3, 0.4) is 0 Å². The van der Waals surface area contributed by atoms with Crippen molar-refractivity contribution in [2.24, 2.45) is 11.5 Å². The molecule has 2 aromatic rings. The first-order valence-corrected chi connectivity index (χ1v) is 5.84. The monoisotopic (exact) mass is 257 g/mol. The molecule has 0 saturated heterocycles. The molecular weight excluding hydrogens is 242 g/mol. The molecule has 0 spiro atoms. The van der Waals surface area contributed by atoms with E-state index in [1.807, 2.05) is 12.1 Å². The summed E-state index contributed by atoms with van der Waals surface area (Å²) in [4.78, 5) is 15.5. The topological polar surface area (TPSA) is 91.2 Å². The van der Waals surface area contributed by atoms with Crippen molar-refractivity contribution in [2.75, 3.05) is 0 Å². The normalized spacial score (nSPS) is 10.2. The maximum Gasteiger partial charge on any atom is 0.254 e. The summed E-state index contributed by atoms with van der Waals surface area (Å²) in [6, 6.07) is 9.01. The van der Waals surface area contributed by atoms with Gasteiger partial charge in [-0.3, -0.25) is 4.79 Å². The number of carbonyl (C=O) groups is 1. The van der Waals surface area contributed by atoms with Crippen LogP contribution in [0.1, 0.15) is 21.5 Å². The predicted molar refractivity (Wildman–Crippen MR) is 71.9 cm³/mol. The largest absolute Gasteiger partial charge is 0.438 e. The van der Waals surface area contributed by atoms with E-state index in [1.54, 1.807) is 31.3 Å². The summed E-state index contributed by atoms with van der Waals surface area (Å²) in [5.41, 5.74) is 12.9. The second-order valence-electron chi connectivity index (χ2n) is 4.13. The molecule has 4 N–H and O–H groups in total. The Kier molecular flexibility index (Phi) is 3.77. The number of benzene rings is 1. The molecule has 0 fully saturated rings. The summed E-state index contributed by atoms with van der Waals surface area (Å²) in [5, 5.41) is 0. The lowest BCUT2D eigenvalue weighted by Crippen LogP contribution is -2.14. The quantitative estimate of drug-likeness (QED) is 0.872. The third-order valence-corrected chi connectivity index (χ3v) is 2.72. The Labute approximate surface area is 111 Å². The second kappa shape index (κ2) is 5.49. The van der Waals surface area contributed by atoms with Crippen molar-refractivity contribution in [3.63, 3.8) is 0 Å². The van der Waals surface area contributed by atoms with Crippen LogP contribution in [-0.4, -0.2) is 10.9 Å². The third-order valence-electron chi connectivity index (χ3n) is 2.72. The number of hydrogen-bond donors (Lipinski definition) is 2. The molecule has 0 atom stereocenters. The molecule has 0 aliphatic heterocycles. The van der Waals surface area contributed by atoms with Gasteiger partial charge in [0.1, 0.15) is 11.3 Å². The van der Waals surface area contributed by atoms with Gasteiger partial charge in [0.2, 0.25) is 5.88 Å². The van der Waals surface area contributed by atoms with Crippen LogP contribution in [0.4, 0.5) is 0 Å². The molecule has 0 saturated carbocycles. The number of primary amides is 1. The van der Waals surface area contributed by atoms with Crippen molar-refractivity contribution >= 4 is 5.91 Å². The molecule has 1 amide bonds. The Hall–Kier alpha value is -2.40. The zero-order chi connectivity index (χ0) is 13.8. The number of rotatable bonds is 4. The van der Waals surface area contributed by atoms with Crippen molar-refractivity contribution in [3.8, 4) is 11.6 Å². The van der Waals surface area contributed by atoms with Crippen LogP contribution in [0, 0.1) is 6.92 Å². The molecule has 1 aromatic heterocycles. The van der Waals surface area contributed by atoms with E-state index >= 15 is 0 Å². The highest BCUT2D eigenvalue weighted by Gasteiger charge is 2.14. The Bertz CT molecular complexity index is 611. The number of hydrogen-bond acceptors (Lipinski definition) is 4. The molecule has 5 heteroatoms. The lowest BCUT2D eigenvalue weighted by molar-refractivity contribution is 0.0997. The minimum absolute atomic E-state index is 0.210. The van der Waals surface area contributed by atoms with Crippen molar-refractivity contribution in [1.29, 1.82) is 0 Å². The molecule has 0 bridgehead atoms. The highest BCUT2D eigenvalue weighted by molar-refractivity contribution is 5.96. The van der Waals surface area contributed by atoms with Crippen molar-refractivity contribution < 1.29 is 9.53 Å². The Morgan fingerprint density at radius 3 is 2.84 bits per heavy atom. The summed E-state index contributed by atoms with van der Waals surface area (Å²) in [6.07, 6.45) is 1.57. The highest BCUT2D eigenvalue weighted by Crippen LogP contribution is 2.25. The van der Waals surface area contributed by atoms with Gasteiger partial charge in [0.05, 0.1) is 0 Å². The Morgan fingerprint density at radius 2 is 2.16 bits per heavy atom. The van der Waals surface area contributed by atoms with Gasteiger partial charge >= 0.3 is 0 Å². The van der Waals surface area contributed by atoms with Crippen LogP contribution in [-0.2, 0) is 6.54 Å². The summed E-state index contributed by atoms with van der Waals surface area (Å²) >= 11 is 0. The average Bonchev–Trinajstić information content (AvgIpc) is 2.38. The summed E-state index contributed by atoms with van der Waals surface area (Å²) in [7, 11) is 0. The van der Waals surface area contributed by atoms with E-state index < -0.39 is 5.91 Å². The summed E-state index contributed by atoms with van der Waals surface area (Å²) in [5.74, 6) is 0.223. The number of amides is 1. The predicted octanol–water partition coefficient (Wildman–Crippen LogP) is 1.74. The average molecular weight is 257 g/mol. The highest BCUT2D eigenvalue weighted by atomic mass is 16.5. The number of nitrogens with two attached hydrogens (primary N) is 2. The molecular formula is C14H15N3O2. The minimum Gasteiger partial charge on any atom is -0.438 e. The molecule has 0 unspecified atom stereocenters. The maximum absolute atomic E-state index is 11.4. The fourth-order valence-electron chi connectivity index (χ4n) is 1.76. The first-order chi connectivity index (χ1) is 9.11. The molecule has 0 radical (unpaired) electrons. The molecule has 2 rings (SSSR count). The maximum atomic E-state index is 11.4. The minimum atomic E-state index is -0.560. The van der Waals surface area contributed by atoms with E-state index in [0.29, 0.717) is 17.9 Å². The van der Waals surface area contributed by atoms with Crippen molar-refractivity contribution in [3.05, 3.63) is 53.2 Å². The van der Waals surface area contributed by atoms with E-state index in [0.717, 1.165) is 11.1 Å². The van der Waals surface area contributed by atoms with E-state index in [9.17, 15) is 4.79 Å². The smallest absolute Gasteiger partial charge is 0.254 e. The lowest BCUT2D eigenvalue weighted by Gasteiger charge is -2.10. The zero-order valence-corrected chi connectivity index (χ0v) is 10.6. The molecule has 1 aromatic carbocycles. The molecule has 19 heavy (non-hydrogen) atoms. The summed E-state index contributed by atoms with van der Waals surface area (Å²) < 4.78 is 5.63. The van der Waals surface area contributed by atoms with Gasteiger partial charge in [0.15, 0.2) is 0 Å². The van der Waals surface area contributed by atoms with Gasteiger partial charge < -0.3 is 16.2 Å². The number of carbonyl (C=O) groups excluding carboxylic acids is 1. The number of nitrogens with zero attached hydrogens (tertiary/aromatic N) is 1. The van der Waals surface area contributed by atoms with E-state index in [-0.39, 0.29) is 5.88 Å². The van der Waals surface area contributed by atoms with E-state index in [4.69, 9.17) is 16.2 Å². The van der Waals surface area contributed by atoms with Gasteiger partial charge in [-0.2, -0.15) is 0 Å². The first-order valence-electron chi connectivity index (χ1n) is 5.84. The van der Waals surface area contributed by atoms with Gasteiger partial charge in [0, 0.05) is 12.7 Å². The number of pyridine rings is 1. The Morgan fingerprint density at radius 1 is 1.37 bits per heavy atom. The van der Waals surface area contributed by atoms with Crippen LogP contribution < -0.4 is 16.2 Å². The van der Waals surface area contributed by atoms with Crippen LogP contribution in [0.5, 0.6) is 11.6 Å². The van der Waals surface area contributed by atoms with Gasteiger partial charge in [0.25, 0.3) is 5.91 Å². The Balaban J connectivity index is 2.38. The third kappa shape index (κ3) is 2.89. The molecule has 0 aliphatic carbocycles. The fraction of sp³-hybridized carbons (Fsp3) is 0.143. The van der Waals surface area contributed by atoms with Gasteiger partial charge in [-0.15, -0.1) is 0 Å². The molecule has 5 nitrogen and oxygen atoms in total. The standard InChI is InChI=1S/C14H15N3O2/c1-9-5-6-17-14(12(9)13(16)18)19-11-4-2-3-10(7-11)8-15/h2-7H,8,15H2,1H3,(H2,16,18).